The molecule has 1 aliphatic heterocycles. The van der Waals surface area contributed by atoms with Crippen LogP contribution < -0.4 is 20.0 Å². The summed E-state index contributed by atoms with van der Waals surface area (Å²) in [7, 11) is 1.63. The van der Waals surface area contributed by atoms with E-state index in [1.807, 2.05) is 48.5 Å². The summed E-state index contributed by atoms with van der Waals surface area (Å²) in [5, 5.41) is 12.2. The average Bonchev–Trinajstić information content (AvgIpc) is 3.25. The second kappa shape index (κ2) is 6.65. The number of aromatic amines is 1. The van der Waals surface area contributed by atoms with E-state index in [2.05, 4.69) is 9.98 Å². The number of hydrogen-bond donors (Lipinski definition) is 2. The predicted molar refractivity (Wildman–Crippen MR) is 104 cm³/mol. The van der Waals surface area contributed by atoms with Gasteiger partial charge in [-0.1, -0.05) is 41.7 Å². The molecule has 2 heterocycles. The van der Waals surface area contributed by atoms with Crippen molar-refractivity contribution in [1.82, 2.24) is 4.98 Å². The highest BCUT2D eigenvalue weighted by atomic mass is 32.1. The minimum Gasteiger partial charge on any atom is -0.496 e. The molecule has 6 heteroatoms. The van der Waals surface area contributed by atoms with Crippen LogP contribution in [0.2, 0.25) is 0 Å². The number of rotatable bonds is 4. The minimum absolute atomic E-state index is 0.110. The van der Waals surface area contributed by atoms with E-state index >= 15 is 0 Å². The number of benzene rings is 2. The van der Waals surface area contributed by atoms with Crippen LogP contribution in [0.4, 0.5) is 5.69 Å². The van der Waals surface area contributed by atoms with Gasteiger partial charge in [-0.3, -0.25) is 14.8 Å². The Morgan fingerprint density at radius 3 is 2.85 bits per heavy atom. The molecule has 0 aliphatic carbocycles. The molecule has 0 spiro atoms. The molecule has 130 valence electrons. The molecule has 1 aliphatic rings. The number of aliphatic imine (C=N–C) groups is 1. The van der Waals surface area contributed by atoms with Crippen LogP contribution in [0.3, 0.4) is 0 Å². The van der Waals surface area contributed by atoms with Gasteiger partial charge in [0.1, 0.15) is 5.75 Å². The number of H-pyrrole nitrogens is 1. The van der Waals surface area contributed by atoms with Crippen LogP contribution in [-0.2, 0) is 6.42 Å². The lowest BCUT2D eigenvalue weighted by molar-refractivity contribution is 0.411. The summed E-state index contributed by atoms with van der Waals surface area (Å²) in [5.74, 6) is 0.654. The van der Waals surface area contributed by atoms with Crippen LogP contribution in [-0.4, -0.2) is 23.4 Å². The lowest BCUT2D eigenvalue weighted by Gasteiger charge is -2.11. The minimum atomic E-state index is -0.289. The van der Waals surface area contributed by atoms with Crippen molar-refractivity contribution >= 4 is 34.9 Å². The third-order valence-electron chi connectivity index (χ3n) is 4.33. The second-order valence-electron chi connectivity index (χ2n) is 5.84. The van der Waals surface area contributed by atoms with Crippen LogP contribution in [0.25, 0.3) is 11.6 Å². The third kappa shape index (κ3) is 2.84. The molecule has 0 bridgehead atoms. The highest BCUT2D eigenvalue weighted by Crippen LogP contribution is 2.29. The smallest absolute Gasteiger partial charge is 0.307 e. The van der Waals surface area contributed by atoms with Crippen LogP contribution in [0, 0.1) is 0 Å². The first-order valence-electron chi connectivity index (χ1n) is 8.08. The maximum atomic E-state index is 11.8. The molecule has 2 N–H and O–H groups in total. The van der Waals surface area contributed by atoms with E-state index in [4.69, 9.17) is 4.74 Å². The van der Waals surface area contributed by atoms with Gasteiger partial charge in [-0.2, -0.15) is 0 Å². The van der Waals surface area contributed by atoms with Crippen LogP contribution in [0.1, 0.15) is 10.4 Å². The SMILES string of the molecule is COc1ccccc1CC(c1sc(=O)[nH]c1O)=c1cccc2c1=CC=N2. The summed E-state index contributed by atoms with van der Waals surface area (Å²) in [6, 6.07) is 13.6. The highest BCUT2D eigenvalue weighted by molar-refractivity contribution is 7.10. The Kier molecular flexibility index (Phi) is 4.18. The van der Waals surface area contributed by atoms with Gasteiger partial charge in [0.25, 0.3) is 0 Å². The molecule has 0 saturated carbocycles. The fourth-order valence-corrected chi connectivity index (χ4v) is 3.94. The molecule has 5 nitrogen and oxygen atoms in total. The summed E-state index contributed by atoms with van der Waals surface area (Å²) in [5.41, 5.74) is 2.71. The monoisotopic (exact) mass is 364 g/mol. The van der Waals surface area contributed by atoms with E-state index in [0.717, 1.165) is 44.3 Å². The van der Waals surface area contributed by atoms with Crippen molar-refractivity contribution in [3.63, 3.8) is 0 Å². The molecular formula is C20H16N2O3S. The average molecular weight is 364 g/mol. The molecule has 2 aromatic carbocycles. The van der Waals surface area contributed by atoms with Gasteiger partial charge in [0.05, 0.1) is 17.7 Å². The summed E-state index contributed by atoms with van der Waals surface area (Å²) in [6.45, 7) is 0. The van der Waals surface area contributed by atoms with Gasteiger partial charge in [-0.05, 0) is 34.6 Å². The normalized spacial score (nSPS) is 13.3. The van der Waals surface area contributed by atoms with Crippen molar-refractivity contribution in [3.05, 3.63) is 73.0 Å². The number of fused-ring (bicyclic) bond motifs is 1. The van der Waals surface area contributed by atoms with E-state index in [1.54, 1.807) is 13.3 Å². The standard InChI is InChI=1S/C20H16N2O3S/c1-25-17-8-3-2-5-12(17)11-15(18-19(23)22-20(24)26-18)13-6-4-7-16-14(13)9-10-21-16/h2-10,23H,11H2,1H3,(H,22,24). The molecular weight excluding hydrogens is 348 g/mol. The van der Waals surface area contributed by atoms with E-state index in [0.29, 0.717) is 11.3 Å². The molecule has 0 saturated heterocycles. The zero-order valence-electron chi connectivity index (χ0n) is 14.0. The molecule has 1 aromatic heterocycles. The predicted octanol–water partition coefficient (Wildman–Crippen LogP) is 2.09. The first-order chi connectivity index (χ1) is 12.7. The maximum Gasteiger partial charge on any atom is 0.307 e. The Balaban J connectivity index is 2.02. The molecule has 0 atom stereocenters. The third-order valence-corrected chi connectivity index (χ3v) is 5.26. The summed E-state index contributed by atoms with van der Waals surface area (Å²) in [6.07, 6.45) is 4.21. The van der Waals surface area contributed by atoms with Gasteiger partial charge in [0.2, 0.25) is 5.88 Å². The Labute approximate surface area is 153 Å². The lowest BCUT2D eigenvalue weighted by atomic mass is 9.99. The number of aromatic nitrogens is 1. The van der Waals surface area contributed by atoms with E-state index in [1.165, 1.54) is 0 Å². The van der Waals surface area contributed by atoms with Gasteiger partial charge in [-0.25, -0.2) is 0 Å². The zero-order valence-corrected chi connectivity index (χ0v) is 14.8. The van der Waals surface area contributed by atoms with Crippen LogP contribution in [0.5, 0.6) is 11.6 Å². The number of hydrogen-bond acceptors (Lipinski definition) is 5. The van der Waals surface area contributed by atoms with Gasteiger partial charge in [0.15, 0.2) is 0 Å². The van der Waals surface area contributed by atoms with Gasteiger partial charge >= 0.3 is 4.87 Å². The topological polar surface area (TPSA) is 74.7 Å². The van der Waals surface area contributed by atoms with Gasteiger partial charge in [-0.15, -0.1) is 0 Å². The van der Waals surface area contributed by atoms with E-state index in [9.17, 15) is 9.90 Å². The molecule has 0 radical (unpaired) electrons. The Morgan fingerprint density at radius 2 is 2.08 bits per heavy atom. The summed E-state index contributed by atoms with van der Waals surface area (Å²) >= 11 is 1.00. The first-order valence-corrected chi connectivity index (χ1v) is 8.90. The van der Waals surface area contributed by atoms with Gasteiger partial charge < -0.3 is 9.84 Å². The van der Waals surface area contributed by atoms with Crippen LogP contribution >= 0.6 is 11.3 Å². The molecule has 0 unspecified atom stereocenters. The second-order valence-corrected chi connectivity index (χ2v) is 6.83. The largest absolute Gasteiger partial charge is 0.496 e. The first kappa shape index (κ1) is 16.4. The number of ether oxygens (including phenoxy) is 1. The number of nitrogens with zero attached hydrogens (tertiary/aromatic N) is 1. The molecule has 0 fully saturated rings. The van der Waals surface area contributed by atoms with E-state index < -0.39 is 0 Å². The number of methoxy groups -OCH3 is 1. The van der Waals surface area contributed by atoms with Crippen molar-refractivity contribution in [2.75, 3.05) is 7.11 Å². The Hall–Kier alpha value is -3.12. The number of thiazole rings is 1. The number of aromatic hydroxyl groups is 1. The van der Waals surface area contributed by atoms with Crippen molar-refractivity contribution in [1.29, 1.82) is 0 Å². The Bertz CT molecular complexity index is 1190. The number of para-hydroxylation sites is 1. The van der Waals surface area contributed by atoms with Crippen LogP contribution in [0.15, 0.2) is 52.3 Å². The Morgan fingerprint density at radius 1 is 1.23 bits per heavy atom. The number of nitrogens with one attached hydrogen (secondary N) is 1. The lowest BCUT2D eigenvalue weighted by Crippen LogP contribution is -2.27. The van der Waals surface area contributed by atoms with Gasteiger partial charge in [0, 0.05) is 17.9 Å². The zero-order chi connectivity index (χ0) is 18.1. The molecule has 0 amide bonds. The highest BCUT2D eigenvalue weighted by Gasteiger charge is 2.17. The summed E-state index contributed by atoms with van der Waals surface area (Å²) in [4.78, 5) is 18.9. The van der Waals surface area contributed by atoms with Crippen molar-refractivity contribution in [3.8, 4) is 11.6 Å². The maximum absolute atomic E-state index is 11.8. The fourth-order valence-electron chi connectivity index (χ4n) is 3.16. The van der Waals surface area contributed by atoms with Crippen molar-refractivity contribution < 1.29 is 9.84 Å². The molecule has 3 aromatic rings. The fraction of sp³-hybridized carbons (Fsp3) is 0.100. The summed E-state index contributed by atoms with van der Waals surface area (Å²) < 4.78 is 5.47. The van der Waals surface area contributed by atoms with Crippen molar-refractivity contribution in [2.24, 2.45) is 4.99 Å². The molecule has 4 rings (SSSR count). The van der Waals surface area contributed by atoms with Crippen molar-refractivity contribution in [2.45, 2.75) is 6.42 Å². The molecule has 26 heavy (non-hydrogen) atoms. The quantitative estimate of drug-likeness (QED) is 0.744. The van der Waals surface area contributed by atoms with E-state index in [-0.39, 0.29) is 10.8 Å².